The van der Waals surface area contributed by atoms with E-state index in [9.17, 15) is 14.0 Å². The molecule has 1 fully saturated rings. The number of nitrogens with zero attached hydrogens (tertiary/aromatic N) is 1. The lowest BCUT2D eigenvalue weighted by Crippen LogP contribution is -2.43. The van der Waals surface area contributed by atoms with Crippen LogP contribution in [-0.2, 0) is 15.0 Å². The molecule has 20 heavy (non-hydrogen) atoms. The van der Waals surface area contributed by atoms with Crippen LogP contribution in [0.3, 0.4) is 0 Å². The smallest absolute Gasteiger partial charge is 0.323 e. The zero-order valence-corrected chi connectivity index (χ0v) is 11.1. The molecule has 1 aliphatic carbocycles. The number of fused-ring (bicyclic) bond motifs is 2. The molecule has 1 amide bonds. The maximum absolute atomic E-state index is 14.1. The molecule has 0 radical (unpaired) electrons. The second-order valence-corrected chi connectivity index (χ2v) is 5.56. The number of hydrogen-bond donors (Lipinski definition) is 1. The highest BCUT2D eigenvalue weighted by molar-refractivity contribution is 6.10. The average molecular weight is 277 g/mol. The summed E-state index contributed by atoms with van der Waals surface area (Å²) in [5.41, 5.74) is 0.135. The summed E-state index contributed by atoms with van der Waals surface area (Å²) in [6.45, 7) is -0.478. The van der Waals surface area contributed by atoms with Gasteiger partial charge >= 0.3 is 5.97 Å². The summed E-state index contributed by atoms with van der Waals surface area (Å²) in [6, 6.07) is 4.65. The number of halogens is 1. The SMILES string of the molecule is O=C(O)CN1C(=O)C2(CCCCC2)c2cccc(F)c21. The molecule has 1 spiro atoms. The van der Waals surface area contributed by atoms with Gasteiger partial charge in [-0.2, -0.15) is 0 Å². The number of carboxylic acid groups (broad SMARTS) is 1. The van der Waals surface area contributed by atoms with E-state index in [4.69, 9.17) is 5.11 Å². The Morgan fingerprint density at radius 2 is 2.00 bits per heavy atom. The van der Waals surface area contributed by atoms with Crippen LogP contribution in [0.15, 0.2) is 18.2 Å². The molecule has 0 unspecified atom stereocenters. The number of carbonyl (C=O) groups excluding carboxylic acids is 1. The van der Waals surface area contributed by atoms with Gasteiger partial charge in [-0.15, -0.1) is 0 Å². The van der Waals surface area contributed by atoms with Gasteiger partial charge in [-0.05, 0) is 24.5 Å². The molecule has 1 heterocycles. The second kappa shape index (κ2) is 4.58. The molecule has 0 saturated heterocycles. The first-order valence-corrected chi connectivity index (χ1v) is 6.89. The lowest BCUT2D eigenvalue weighted by molar-refractivity contribution is -0.137. The van der Waals surface area contributed by atoms with E-state index in [1.807, 2.05) is 0 Å². The number of aliphatic carboxylic acids is 1. The summed E-state index contributed by atoms with van der Waals surface area (Å²) in [4.78, 5) is 24.8. The minimum Gasteiger partial charge on any atom is -0.480 e. The van der Waals surface area contributed by atoms with E-state index < -0.39 is 23.7 Å². The highest BCUT2D eigenvalue weighted by atomic mass is 19.1. The number of anilines is 1. The number of carboxylic acids is 1. The van der Waals surface area contributed by atoms with Crippen molar-refractivity contribution in [1.82, 2.24) is 0 Å². The van der Waals surface area contributed by atoms with E-state index in [2.05, 4.69) is 0 Å². The summed E-state index contributed by atoms with van der Waals surface area (Å²) in [5, 5.41) is 8.98. The summed E-state index contributed by atoms with van der Waals surface area (Å²) in [7, 11) is 0. The third-order valence-electron chi connectivity index (χ3n) is 4.43. The number of amides is 1. The lowest BCUT2D eigenvalue weighted by Gasteiger charge is -2.32. The maximum atomic E-state index is 14.1. The summed E-state index contributed by atoms with van der Waals surface area (Å²) >= 11 is 0. The van der Waals surface area contributed by atoms with Gasteiger partial charge in [0.2, 0.25) is 5.91 Å². The van der Waals surface area contributed by atoms with Crippen LogP contribution in [0.1, 0.15) is 37.7 Å². The van der Waals surface area contributed by atoms with Crippen LogP contribution < -0.4 is 4.90 Å². The minimum atomic E-state index is -1.12. The zero-order chi connectivity index (χ0) is 14.3. The first kappa shape index (κ1) is 13.1. The molecule has 3 rings (SSSR count). The molecular formula is C15H16FNO3. The molecule has 1 saturated carbocycles. The Labute approximate surface area is 116 Å². The van der Waals surface area contributed by atoms with Gasteiger partial charge in [0, 0.05) is 0 Å². The number of carbonyl (C=O) groups is 2. The first-order chi connectivity index (χ1) is 9.56. The van der Waals surface area contributed by atoms with Gasteiger partial charge in [-0.1, -0.05) is 31.4 Å². The second-order valence-electron chi connectivity index (χ2n) is 5.56. The van der Waals surface area contributed by atoms with Crippen molar-refractivity contribution < 1.29 is 19.1 Å². The van der Waals surface area contributed by atoms with E-state index in [1.165, 1.54) is 6.07 Å². The van der Waals surface area contributed by atoms with Crippen LogP contribution >= 0.6 is 0 Å². The number of benzene rings is 1. The molecule has 5 heteroatoms. The Hall–Kier alpha value is -1.91. The average Bonchev–Trinajstić information content (AvgIpc) is 2.64. The summed E-state index contributed by atoms with van der Waals surface area (Å²) in [5.74, 6) is -1.89. The molecule has 4 nitrogen and oxygen atoms in total. The Balaban J connectivity index is 2.14. The molecule has 106 valence electrons. The number of para-hydroxylation sites is 1. The molecular weight excluding hydrogens is 261 g/mol. The topological polar surface area (TPSA) is 57.6 Å². The zero-order valence-electron chi connectivity index (χ0n) is 11.1. The fourth-order valence-electron chi connectivity index (χ4n) is 3.58. The van der Waals surface area contributed by atoms with Crippen LogP contribution in [0.5, 0.6) is 0 Å². The Kier molecular flexibility index (Phi) is 3.00. The molecule has 1 aromatic rings. The van der Waals surface area contributed by atoms with Crippen LogP contribution in [0.25, 0.3) is 0 Å². The summed E-state index contributed by atoms with van der Waals surface area (Å²) < 4.78 is 14.1. The van der Waals surface area contributed by atoms with Gasteiger partial charge in [0.1, 0.15) is 12.4 Å². The van der Waals surface area contributed by atoms with Crippen molar-refractivity contribution >= 4 is 17.6 Å². The van der Waals surface area contributed by atoms with Gasteiger partial charge in [0.05, 0.1) is 11.1 Å². The molecule has 0 atom stereocenters. The van der Waals surface area contributed by atoms with Crippen molar-refractivity contribution in [2.24, 2.45) is 0 Å². The molecule has 1 aliphatic heterocycles. The van der Waals surface area contributed by atoms with E-state index >= 15 is 0 Å². The highest BCUT2D eigenvalue weighted by Crippen LogP contribution is 2.50. The van der Waals surface area contributed by atoms with Gasteiger partial charge in [0.25, 0.3) is 0 Å². The molecule has 0 bridgehead atoms. The highest BCUT2D eigenvalue weighted by Gasteiger charge is 2.52. The van der Waals surface area contributed by atoms with Crippen molar-refractivity contribution in [3.05, 3.63) is 29.6 Å². The maximum Gasteiger partial charge on any atom is 0.323 e. The van der Waals surface area contributed by atoms with Crippen LogP contribution in [0.2, 0.25) is 0 Å². The van der Waals surface area contributed by atoms with Crippen molar-refractivity contribution in [3.8, 4) is 0 Å². The van der Waals surface area contributed by atoms with Crippen LogP contribution in [0, 0.1) is 5.82 Å². The quantitative estimate of drug-likeness (QED) is 0.903. The monoisotopic (exact) mass is 277 g/mol. The van der Waals surface area contributed by atoms with E-state index in [1.54, 1.807) is 12.1 Å². The molecule has 2 aliphatic rings. The fraction of sp³-hybridized carbons (Fsp3) is 0.467. The van der Waals surface area contributed by atoms with Gasteiger partial charge in [-0.3, -0.25) is 14.5 Å². The number of hydrogen-bond acceptors (Lipinski definition) is 2. The third kappa shape index (κ3) is 1.72. The van der Waals surface area contributed by atoms with Crippen molar-refractivity contribution in [3.63, 3.8) is 0 Å². The van der Waals surface area contributed by atoms with Gasteiger partial charge in [0.15, 0.2) is 0 Å². The first-order valence-electron chi connectivity index (χ1n) is 6.89. The largest absolute Gasteiger partial charge is 0.480 e. The normalized spacial score (nSPS) is 20.2. The van der Waals surface area contributed by atoms with Crippen LogP contribution in [0.4, 0.5) is 10.1 Å². The predicted molar refractivity (Wildman–Crippen MR) is 71.2 cm³/mol. The predicted octanol–water partition coefficient (Wildman–Crippen LogP) is 2.46. The standard InChI is InChI=1S/C15H16FNO3/c16-11-6-4-5-10-13(11)17(9-12(18)19)14(20)15(10)7-2-1-3-8-15/h4-6H,1-3,7-9H2,(H,18,19). The van der Waals surface area contributed by atoms with Crippen molar-refractivity contribution in [2.75, 3.05) is 11.4 Å². The van der Waals surface area contributed by atoms with E-state index in [0.717, 1.165) is 24.2 Å². The van der Waals surface area contributed by atoms with Crippen LogP contribution in [-0.4, -0.2) is 23.5 Å². The summed E-state index contributed by atoms with van der Waals surface area (Å²) in [6.07, 6.45) is 4.26. The Bertz CT molecular complexity index is 578. The van der Waals surface area contributed by atoms with Gasteiger partial charge in [-0.25, -0.2) is 4.39 Å². The number of rotatable bonds is 2. The molecule has 1 N–H and O–H groups in total. The van der Waals surface area contributed by atoms with Gasteiger partial charge < -0.3 is 5.11 Å². The van der Waals surface area contributed by atoms with E-state index in [-0.39, 0.29) is 11.6 Å². The fourth-order valence-corrected chi connectivity index (χ4v) is 3.58. The van der Waals surface area contributed by atoms with Crippen molar-refractivity contribution in [1.29, 1.82) is 0 Å². The van der Waals surface area contributed by atoms with E-state index in [0.29, 0.717) is 18.4 Å². The third-order valence-corrected chi connectivity index (χ3v) is 4.43. The Morgan fingerprint density at radius 1 is 1.30 bits per heavy atom. The Morgan fingerprint density at radius 3 is 2.65 bits per heavy atom. The lowest BCUT2D eigenvalue weighted by atomic mass is 9.70. The minimum absolute atomic E-state index is 0.168. The molecule has 0 aromatic heterocycles. The molecule has 1 aromatic carbocycles. The van der Waals surface area contributed by atoms with Crippen molar-refractivity contribution in [2.45, 2.75) is 37.5 Å².